The van der Waals surface area contributed by atoms with E-state index in [0.29, 0.717) is 10.9 Å². The predicted molar refractivity (Wildman–Crippen MR) is 85.1 cm³/mol. The van der Waals surface area contributed by atoms with Crippen LogP contribution in [0.25, 0.3) is 0 Å². The average Bonchev–Trinajstić information content (AvgIpc) is 2.79. The van der Waals surface area contributed by atoms with Crippen molar-refractivity contribution >= 4 is 43.3 Å². The molecule has 6 nitrogen and oxygen atoms in total. The Morgan fingerprint density at radius 1 is 1.39 bits per heavy atom. The quantitative estimate of drug-likeness (QED) is 0.752. The molecule has 1 aliphatic rings. The van der Waals surface area contributed by atoms with Crippen LogP contribution < -0.4 is 5.32 Å². The zero-order chi connectivity index (χ0) is 17.0. The molecule has 9 heteroatoms. The lowest BCUT2D eigenvalue weighted by atomic mass is 10.1. The van der Waals surface area contributed by atoms with Gasteiger partial charge in [0.2, 0.25) is 0 Å². The number of hydrogen-bond acceptors (Lipinski definition) is 5. The molecule has 0 saturated carbocycles. The van der Waals surface area contributed by atoms with Crippen LogP contribution in [0.2, 0.25) is 0 Å². The Bertz CT molecular complexity index is 722. The molecule has 0 radical (unpaired) electrons. The Morgan fingerprint density at radius 2 is 2.13 bits per heavy atom. The number of hydrogen-bond donors (Lipinski definition) is 1. The van der Waals surface area contributed by atoms with Crippen molar-refractivity contribution in [3.8, 4) is 0 Å². The third-order valence-corrected chi connectivity index (χ3v) is 5.68. The Hall–Kier alpha value is -1.48. The van der Waals surface area contributed by atoms with E-state index in [9.17, 15) is 22.4 Å². The molecule has 1 aromatic rings. The second-order valence-electron chi connectivity index (χ2n) is 5.31. The van der Waals surface area contributed by atoms with Gasteiger partial charge in [-0.2, -0.15) is 0 Å². The highest BCUT2D eigenvalue weighted by Crippen LogP contribution is 2.22. The number of benzene rings is 1. The van der Waals surface area contributed by atoms with E-state index in [1.54, 1.807) is 6.07 Å². The summed E-state index contributed by atoms with van der Waals surface area (Å²) >= 11 is 3.10. The van der Waals surface area contributed by atoms with E-state index in [1.165, 1.54) is 12.1 Å². The SMILES string of the molecule is O=C(COC(=O)C[C@@H]1CCS(=O)(=O)C1)Nc1ccc(Br)cc1F. The maximum Gasteiger partial charge on any atom is 0.306 e. The molecular weight excluding hydrogens is 393 g/mol. The number of halogens is 2. The Kier molecular flexibility index (Phi) is 5.74. The summed E-state index contributed by atoms with van der Waals surface area (Å²) in [5.74, 6) is -2.14. The first-order chi connectivity index (χ1) is 10.7. The first-order valence-corrected chi connectivity index (χ1v) is 9.47. The molecule has 1 aromatic carbocycles. The van der Waals surface area contributed by atoms with Gasteiger partial charge in [0.25, 0.3) is 5.91 Å². The van der Waals surface area contributed by atoms with Gasteiger partial charge in [-0.1, -0.05) is 15.9 Å². The van der Waals surface area contributed by atoms with Crippen molar-refractivity contribution in [2.45, 2.75) is 12.8 Å². The lowest BCUT2D eigenvalue weighted by molar-refractivity contribution is -0.148. The van der Waals surface area contributed by atoms with E-state index in [4.69, 9.17) is 4.74 Å². The predicted octanol–water partition coefficient (Wildman–Crippen LogP) is 1.89. The molecule has 0 unspecified atom stereocenters. The van der Waals surface area contributed by atoms with Crippen molar-refractivity contribution in [3.05, 3.63) is 28.5 Å². The Morgan fingerprint density at radius 3 is 2.74 bits per heavy atom. The second-order valence-corrected chi connectivity index (χ2v) is 8.45. The number of amides is 1. The van der Waals surface area contributed by atoms with Gasteiger partial charge >= 0.3 is 5.97 Å². The number of rotatable bonds is 5. The molecule has 2 rings (SSSR count). The number of carbonyl (C=O) groups excluding carboxylic acids is 2. The molecule has 1 fully saturated rings. The zero-order valence-electron chi connectivity index (χ0n) is 12.1. The fourth-order valence-electron chi connectivity index (χ4n) is 2.25. The summed E-state index contributed by atoms with van der Waals surface area (Å²) in [7, 11) is -3.05. The molecular formula is C14H15BrFNO5S. The molecule has 1 N–H and O–H groups in total. The monoisotopic (exact) mass is 407 g/mol. The maximum atomic E-state index is 13.5. The van der Waals surface area contributed by atoms with Gasteiger partial charge in [-0.05, 0) is 30.5 Å². The van der Waals surface area contributed by atoms with Crippen molar-refractivity contribution < 1.29 is 27.1 Å². The van der Waals surface area contributed by atoms with Crippen LogP contribution >= 0.6 is 15.9 Å². The van der Waals surface area contributed by atoms with Gasteiger partial charge in [-0.15, -0.1) is 0 Å². The molecule has 1 amide bonds. The minimum atomic E-state index is -3.05. The number of ether oxygens (including phenoxy) is 1. The Labute approximate surface area is 141 Å². The van der Waals surface area contributed by atoms with Gasteiger partial charge in [0.15, 0.2) is 16.4 Å². The molecule has 126 valence electrons. The summed E-state index contributed by atoms with van der Waals surface area (Å²) in [6.45, 7) is -0.548. The molecule has 0 bridgehead atoms. The number of nitrogens with one attached hydrogen (secondary N) is 1. The fraction of sp³-hybridized carbons (Fsp3) is 0.429. The first kappa shape index (κ1) is 17.9. The van der Waals surface area contributed by atoms with Crippen molar-refractivity contribution in [2.75, 3.05) is 23.4 Å². The number of anilines is 1. The van der Waals surface area contributed by atoms with Crippen LogP contribution in [0.1, 0.15) is 12.8 Å². The highest BCUT2D eigenvalue weighted by Gasteiger charge is 2.30. The van der Waals surface area contributed by atoms with Gasteiger partial charge in [0.05, 0.1) is 17.2 Å². The molecule has 1 saturated heterocycles. The van der Waals surface area contributed by atoms with Crippen LogP contribution in [-0.4, -0.2) is 38.4 Å². The minimum Gasteiger partial charge on any atom is -0.456 e. The van der Waals surface area contributed by atoms with Gasteiger partial charge < -0.3 is 10.1 Å². The molecule has 0 spiro atoms. The van der Waals surface area contributed by atoms with Gasteiger partial charge in [0.1, 0.15) is 5.82 Å². The molecule has 1 heterocycles. The molecule has 1 aliphatic heterocycles. The normalized spacial score (nSPS) is 19.3. The highest BCUT2D eigenvalue weighted by atomic mass is 79.9. The number of esters is 1. The van der Waals surface area contributed by atoms with Crippen LogP contribution in [0.4, 0.5) is 10.1 Å². The third kappa shape index (κ3) is 5.58. The summed E-state index contributed by atoms with van der Waals surface area (Å²) in [6.07, 6.45) is 0.382. The summed E-state index contributed by atoms with van der Waals surface area (Å²) in [5.41, 5.74) is -0.0175. The van der Waals surface area contributed by atoms with E-state index in [-0.39, 0.29) is 29.5 Å². The molecule has 1 atom stereocenters. The number of carbonyl (C=O) groups is 2. The molecule has 0 aliphatic carbocycles. The van der Waals surface area contributed by atoms with E-state index in [2.05, 4.69) is 21.2 Å². The summed E-state index contributed by atoms with van der Waals surface area (Å²) < 4.78 is 41.5. The van der Waals surface area contributed by atoms with E-state index >= 15 is 0 Å². The molecule has 0 aromatic heterocycles. The van der Waals surface area contributed by atoms with E-state index in [0.717, 1.165) is 0 Å². The topological polar surface area (TPSA) is 89.5 Å². The van der Waals surface area contributed by atoms with Crippen molar-refractivity contribution in [2.24, 2.45) is 5.92 Å². The van der Waals surface area contributed by atoms with Crippen LogP contribution in [0.3, 0.4) is 0 Å². The highest BCUT2D eigenvalue weighted by molar-refractivity contribution is 9.10. The van der Waals surface area contributed by atoms with Crippen LogP contribution in [0, 0.1) is 11.7 Å². The van der Waals surface area contributed by atoms with Crippen LogP contribution in [0.5, 0.6) is 0 Å². The standard InChI is InChI=1S/C14H15BrFNO5S/c15-10-1-2-12(11(16)6-10)17-13(18)7-22-14(19)5-9-3-4-23(20,21)8-9/h1-2,6,9H,3-5,7-8H2,(H,17,18)/t9-/m0/s1. The van der Waals surface area contributed by atoms with Gasteiger partial charge in [-0.25, -0.2) is 12.8 Å². The van der Waals surface area contributed by atoms with Crippen molar-refractivity contribution in [1.29, 1.82) is 0 Å². The first-order valence-electron chi connectivity index (χ1n) is 6.86. The zero-order valence-corrected chi connectivity index (χ0v) is 14.5. The van der Waals surface area contributed by atoms with E-state index in [1.807, 2.05) is 0 Å². The van der Waals surface area contributed by atoms with Crippen LogP contribution in [-0.2, 0) is 24.2 Å². The lowest BCUT2D eigenvalue weighted by Gasteiger charge is -2.09. The second kappa shape index (κ2) is 7.39. The molecule has 23 heavy (non-hydrogen) atoms. The average molecular weight is 408 g/mol. The fourth-order valence-corrected chi connectivity index (χ4v) is 4.45. The number of sulfone groups is 1. The minimum absolute atomic E-state index is 0.0175. The summed E-state index contributed by atoms with van der Waals surface area (Å²) in [6, 6.07) is 4.13. The lowest BCUT2D eigenvalue weighted by Crippen LogP contribution is -2.22. The van der Waals surface area contributed by atoms with Gasteiger partial charge in [0, 0.05) is 10.9 Å². The third-order valence-electron chi connectivity index (χ3n) is 3.35. The van der Waals surface area contributed by atoms with Crippen molar-refractivity contribution in [3.63, 3.8) is 0 Å². The van der Waals surface area contributed by atoms with Crippen LogP contribution in [0.15, 0.2) is 22.7 Å². The maximum absolute atomic E-state index is 13.5. The van der Waals surface area contributed by atoms with Crippen molar-refractivity contribution in [1.82, 2.24) is 0 Å². The largest absolute Gasteiger partial charge is 0.456 e. The van der Waals surface area contributed by atoms with E-state index < -0.39 is 34.1 Å². The smallest absolute Gasteiger partial charge is 0.306 e. The summed E-state index contributed by atoms with van der Waals surface area (Å²) in [4.78, 5) is 23.2. The van der Waals surface area contributed by atoms with Gasteiger partial charge in [-0.3, -0.25) is 9.59 Å². The summed E-state index contributed by atoms with van der Waals surface area (Å²) in [5, 5.41) is 2.29. The Balaban J connectivity index is 1.77.